The van der Waals surface area contributed by atoms with Gasteiger partial charge in [-0.15, -0.1) is 0 Å². The van der Waals surface area contributed by atoms with Gasteiger partial charge in [0.2, 0.25) is 0 Å². The zero-order valence-corrected chi connectivity index (χ0v) is 13.2. The molecule has 0 atom stereocenters. The summed E-state index contributed by atoms with van der Waals surface area (Å²) in [6.45, 7) is 0. The normalized spacial score (nSPS) is 11.5. The lowest BCUT2D eigenvalue weighted by Gasteiger charge is -2.08. The topological polar surface area (TPSA) is 27.3 Å². The fourth-order valence-electron chi connectivity index (χ4n) is 3.42. The second kappa shape index (κ2) is 4.90. The minimum atomic E-state index is 0.850. The Kier molecular flexibility index (Phi) is 2.71. The van der Waals surface area contributed by atoms with Crippen LogP contribution in [0.3, 0.4) is 0 Å². The number of fused-ring (bicyclic) bond motifs is 5. The van der Waals surface area contributed by atoms with Gasteiger partial charge in [0, 0.05) is 16.5 Å². The second-order valence-corrected chi connectivity index (χ2v) is 5.83. The van der Waals surface area contributed by atoms with E-state index < -0.39 is 0 Å². The molecule has 3 aromatic carbocycles. The largest absolute Gasteiger partial charge is 0.497 e. The molecule has 0 radical (unpaired) electrons. The zero-order chi connectivity index (χ0) is 16.1. The van der Waals surface area contributed by atoms with E-state index in [1.54, 1.807) is 7.11 Å². The van der Waals surface area contributed by atoms with Crippen molar-refractivity contribution in [3.8, 4) is 11.4 Å². The van der Waals surface area contributed by atoms with E-state index in [0.717, 1.165) is 44.4 Å². The summed E-state index contributed by atoms with van der Waals surface area (Å²) in [6, 6.07) is 24.6. The number of hydrogen-bond donors (Lipinski definition) is 0. The highest BCUT2D eigenvalue weighted by Crippen LogP contribution is 2.38. The molecule has 24 heavy (non-hydrogen) atoms. The SMILES string of the molecule is COc1ccc(-n2c3ccccc3c3oc4ccccc4c32)cc1. The van der Waals surface area contributed by atoms with Gasteiger partial charge in [0.15, 0.2) is 5.58 Å². The van der Waals surface area contributed by atoms with E-state index in [2.05, 4.69) is 41.0 Å². The zero-order valence-electron chi connectivity index (χ0n) is 13.2. The summed E-state index contributed by atoms with van der Waals surface area (Å²) in [5, 5.41) is 2.25. The van der Waals surface area contributed by atoms with Crippen molar-refractivity contribution in [2.75, 3.05) is 7.11 Å². The molecule has 0 aliphatic rings. The maximum Gasteiger partial charge on any atom is 0.161 e. The molecule has 0 spiro atoms. The fourth-order valence-corrected chi connectivity index (χ4v) is 3.42. The predicted octanol–water partition coefficient (Wildman–Crippen LogP) is 5.54. The van der Waals surface area contributed by atoms with E-state index in [1.165, 1.54) is 0 Å². The van der Waals surface area contributed by atoms with Gasteiger partial charge in [0.25, 0.3) is 0 Å². The van der Waals surface area contributed by atoms with E-state index in [0.29, 0.717) is 0 Å². The Hall–Kier alpha value is -3.20. The fraction of sp³-hybridized carbons (Fsp3) is 0.0476. The van der Waals surface area contributed by atoms with Crippen LogP contribution in [-0.4, -0.2) is 11.7 Å². The third kappa shape index (κ3) is 1.72. The van der Waals surface area contributed by atoms with Crippen molar-refractivity contribution in [3.63, 3.8) is 0 Å². The highest BCUT2D eigenvalue weighted by Gasteiger charge is 2.18. The Labute approximate surface area is 138 Å². The van der Waals surface area contributed by atoms with Crippen molar-refractivity contribution in [3.05, 3.63) is 72.8 Å². The minimum Gasteiger partial charge on any atom is -0.497 e. The molecule has 3 nitrogen and oxygen atoms in total. The van der Waals surface area contributed by atoms with Gasteiger partial charge in [-0.1, -0.05) is 24.3 Å². The maximum atomic E-state index is 6.17. The number of furan rings is 1. The van der Waals surface area contributed by atoms with Crippen LogP contribution in [0.25, 0.3) is 38.7 Å². The quantitative estimate of drug-likeness (QED) is 0.428. The Balaban J connectivity index is 1.96. The Morgan fingerprint density at radius 3 is 2.29 bits per heavy atom. The van der Waals surface area contributed by atoms with Crippen LogP contribution in [0, 0.1) is 0 Å². The van der Waals surface area contributed by atoms with Crippen LogP contribution in [0.2, 0.25) is 0 Å². The molecule has 0 bridgehead atoms. The highest BCUT2D eigenvalue weighted by atomic mass is 16.5. The summed E-state index contributed by atoms with van der Waals surface area (Å²) < 4.78 is 13.7. The summed E-state index contributed by atoms with van der Waals surface area (Å²) in [6.07, 6.45) is 0. The van der Waals surface area contributed by atoms with E-state index in [1.807, 2.05) is 36.4 Å². The van der Waals surface area contributed by atoms with E-state index in [9.17, 15) is 0 Å². The first-order valence-electron chi connectivity index (χ1n) is 7.92. The molecule has 0 aliphatic heterocycles. The van der Waals surface area contributed by atoms with Crippen LogP contribution < -0.4 is 4.74 Å². The van der Waals surface area contributed by atoms with Crippen LogP contribution in [0.1, 0.15) is 0 Å². The monoisotopic (exact) mass is 313 g/mol. The second-order valence-electron chi connectivity index (χ2n) is 5.83. The number of hydrogen-bond acceptors (Lipinski definition) is 2. The maximum absolute atomic E-state index is 6.17. The van der Waals surface area contributed by atoms with Gasteiger partial charge in [0.05, 0.1) is 12.6 Å². The summed E-state index contributed by atoms with van der Waals surface area (Å²) in [7, 11) is 1.68. The number of methoxy groups -OCH3 is 1. The van der Waals surface area contributed by atoms with Crippen LogP contribution >= 0.6 is 0 Å². The lowest BCUT2D eigenvalue weighted by atomic mass is 10.2. The van der Waals surface area contributed by atoms with Crippen LogP contribution in [0.5, 0.6) is 5.75 Å². The van der Waals surface area contributed by atoms with Crippen molar-refractivity contribution in [2.45, 2.75) is 0 Å². The van der Waals surface area contributed by atoms with Crippen LogP contribution in [0.4, 0.5) is 0 Å². The summed E-state index contributed by atoms with van der Waals surface area (Å²) >= 11 is 0. The lowest BCUT2D eigenvalue weighted by molar-refractivity contribution is 0.415. The van der Waals surface area contributed by atoms with Gasteiger partial charge in [-0.3, -0.25) is 0 Å². The first-order valence-corrected chi connectivity index (χ1v) is 7.92. The molecule has 116 valence electrons. The van der Waals surface area contributed by atoms with Crippen LogP contribution in [-0.2, 0) is 0 Å². The van der Waals surface area contributed by atoms with Gasteiger partial charge in [-0.05, 0) is 48.5 Å². The smallest absolute Gasteiger partial charge is 0.161 e. The van der Waals surface area contributed by atoms with Gasteiger partial charge in [-0.25, -0.2) is 0 Å². The van der Waals surface area contributed by atoms with Gasteiger partial charge >= 0.3 is 0 Å². The van der Waals surface area contributed by atoms with Crippen molar-refractivity contribution in [1.82, 2.24) is 4.57 Å². The number of aromatic nitrogens is 1. The molecule has 2 aromatic heterocycles. The van der Waals surface area contributed by atoms with Crippen molar-refractivity contribution in [2.24, 2.45) is 0 Å². The van der Waals surface area contributed by atoms with Gasteiger partial charge in [-0.2, -0.15) is 0 Å². The van der Waals surface area contributed by atoms with Gasteiger partial charge < -0.3 is 13.7 Å². The van der Waals surface area contributed by atoms with E-state index >= 15 is 0 Å². The molecule has 5 aromatic rings. The molecule has 3 heteroatoms. The van der Waals surface area contributed by atoms with Crippen LogP contribution in [0.15, 0.2) is 77.2 Å². The van der Waals surface area contributed by atoms with Gasteiger partial charge in [0.1, 0.15) is 16.8 Å². The molecule has 0 fully saturated rings. The average molecular weight is 313 g/mol. The van der Waals surface area contributed by atoms with Crippen molar-refractivity contribution >= 4 is 33.0 Å². The molecule has 0 aliphatic carbocycles. The standard InChI is InChI=1S/C21H15NO2/c1-23-15-12-10-14(11-13-15)22-18-8-4-2-6-16(18)21-20(22)17-7-3-5-9-19(17)24-21/h2-13H,1H3. The third-order valence-corrected chi connectivity index (χ3v) is 4.51. The highest BCUT2D eigenvalue weighted by molar-refractivity contribution is 6.16. The first-order chi connectivity index (χ1) is 11.9. The molecule has 0 N–H and O–H groups in total. The summed E-state index contributed by atoms with van der Waals surface area (Å²) in [5.41, 5.74) is 5.19. The van der Waals surface area contributed by atoms with Crippen molar-refractivity contribution < 1.29 is 9.15 Å². The Bertz CT molecular complexity index is 1170. The number of ether oxygens (including phenoxy) is 1. The predicted molar refractivity (Wildman–Crippen MR) is 97.1 cm³/mol. The molecule has 0 saturated heterocycles. The molecular weight excluding hydrogens is 298 g/mol. The number of rotatable bonds is 2. The molecule has 0 saturated carbocycles. The molecule has 0 amide bonds. The van der Waals surface area contributed by atoms with E-state index in [-0.39, 0.29) is 0 Å². The lowest BCUT2D eigenvalue weighted by Crippen LogP contribution is -1.93. The third-order valence-electron chi connectivity index (χ3n) is 4.51. The first kappa shape index (κ1) is 13.3. The van der Waals surface area contributed by atoms with Crippen molar-refractivity contribution in [1.29, 1.82) is 0 Å². The number of benzene rings is 3. The Morgan fingerprint density at radius 1 is 0.792 bits per heavy atom. The summed E-state index contributed by atoms with van der Waals surface area (Å²) in [4.78, 5) is 0. The number of nitrogens with zero attached hydrogens (tertiary/aromatic N) is 1. The molecule has 2 heterocycles. The molecule has 0 unspecified atom stereocenters. The molecule has 5 rings (SSSR count). The van der Waals surface area contributed by atoms with E-state index in [4.69, 9.17) is 9.15 Å². The number of para-hydroxylation sites is 2. The Morgan fingerprint density at radius 2 is 1.50 bits per heavy atom. The minimum absolute atomic E-state index is 0.850. The molecular formula is C21H15NO2. The average Bonchev–Trinajstić information content (AvgIpc) is 3.17. The summed E-state index contributed by atoms with van der Waals surface area (Å²) in [5.74, 6) is 0.850.